The Labute approximate surface area is 105 Å². The first-order valence-electron chi connectivity index (χ1n) is 5.70. The van der Waals surface area contributed by atoms with Gasteiger partial charge in [-0.15, -0.1) is 0 Å². The molecule has 0 aromatic rings. The summed E-state index contributed by atoms with van der Waals surface area (Å²) in [6.07, 6.45) is -6.80. The van der Waals surface area contributed by atoms with Crippen LogP contribution in [0.1, 0.15) is 27.2 Å². The third kappa shape index (κ3) is 6.80. The van der Waals surface area contributed by atoms with Gasteiger partial charge in [0, 0.05) is 6.54 Å². The zero-order valence-electron chi connectivity index (χ0n) is 10.8. The van der Waals surface area contributed by atoms with Crippen LogP contribution in [0.3, 0.4) is 0 Å². The van der Waals surface area contributed by atoms with E-state index < -0.39 is 30.7 Å². The summed E-state index contributed by atoms with van der Waals surface area (Å²) in [5.74, 6) is -1.11. The van der Waals surface area contributed by atoms with E-state index in [4.69, 9.17) is 10.8 Å². The van der Waals surface area contributed by atoms with Crippen LogP contribution >= 0.6 is 0 Å². The molecule has 0 saturated carbocycles. The normalized spacial score (nSPS) is 16.2. The molecule has 0 aliphatic carbocycles. The smallest absolute Gasteiger partial charge is 0.382 e. The summed E-state index contributed by atoms with van der Waals surface area (Å²) < 4.78 is 36.1. The van der Waals surface area contributed by atoms with Gasteiger partial charge >= 0.3 is 6.18 Å². The highest BCUT2D eigenvalue weighted by Gasteiger charge is 2.38. The fourth-order valence-electron chi connectivity index (χ4n) is 1.48. The van der Waals surface area contributed by atoms with Crippen LogP contribution in [-0.2, 0) is 4.79 Å². The highest BCUT2D eigenvalue weighted by atomic mass is 19.4. The number of nitrogens with one attached hydrogen (secondary N) is 1. The van der Waals surface area contributed by atoms with Crippen molar-refractivity contribution in [3.8, 4) is 0 Å². The molecule has 0 saturated heterocycles. The van der Waals surface area contributed by atoms with E-state index in [-0.39, 0.29) is 12.0 Å². The summed E-state index contributed by atoms with van der Waals surface area (Å²) in [4.78, 5) is 11.6. The Balaban J connectivity index is 4.30. The zero-order valence-corrected chi connectivity index (χ0v) is 10.8. The lowest BCUT2D eigenvalue weighted by Gasteiger charge is -2.25. The summed E-state index contributed by atoms with van der Waals surface area (Å²) in [5.41, 5.74) is 5.28. The molecular formula is C11H21F3N2O2. The lowest BCUT2D eigenvalue weighted by molar-refractivity contribution is -0.202. The SMILES string of the molecule is CC(C)(C)CC(CN)C(=O)NCC(O)C(F)(F)F. The minimum absolute atomic E-state index is 0.0607. The number of halogens is 3. The van der Waals surface area contributed by atoms with Gasteiger partial charge in [0.1, 0.15) is 0 Å². The van der Waals surface area contributed by atoms with E-state index in [1.54, 1.807) is 0 Å². The van der Waals surface area contributed by atoms with E-state index in [0.29, 0.717) is 6.42 Å². The van der Waals surface area contributed by atoms with Crippen molar-refractivity contribution in [2.75, 3.05) is 13.1 Å². The highest BCUT2D eigenvalue weighted by Crippen LogP contribution is 2.24. The van der Waals surface area contributed by atoms with Crippen LogP contribution in [0.25, 0.3) is 0 Å². The molecule has 0 rings (SSSR count). The molecule has 0 aliphatic rings. The van der Waals surface area contributed by atoms with Crippen LogP contribution in [0.2, 0.25) is 0 Å². The van der Waals surface area contributed by atoms with Crippen LogP contribution in [0.15, 0.2) is 0 Å². The van der Waals surface area contributed by atoms with Crippen molar-refractivity contribution in [3.05, 3.63) is 0 Å². The van der Waals surface area contributed by atoms with Gasteiger partial charge in [-0.1, -0.05) is 20.8 Å². The zero-order chi connectivity index (χ0) is 14.6. The number of carbonyl (C=O) groups excluding carboxylic acids is 1. The standard InChI is InChI=1S/C11H21F3N2O2/c1-10(2,3)4-7(5-15)9(18)16-6-8(17)11(12,13)14/h7-8,17H,4-6,15H2,1-3H3,(H,16,18). The minimum atomic E-state index is -4.73. The van der Waals surface area contributed by atoms with E-state index in [1.165, 1.54) is 0 Å². The van der Waals surface area contributed by atoms with Gasteiger partial charge in [-0.25, -0.2) is 0 Å². The summed E-state index contributed by atoms with van der Waals surface area (Å²) in [6, 6.07) is 0. The number of alkyl halides is 3. The maximum Gasteiger partial charge on any atom is 0.416 e. The van der Waals surface area contributed by atoms with Gasteiger partial charge < -0.3 is 16.2 Å². The minimum Gasteiger partial charge on any atom is -0.382 e. The molecule has 0 radical (unpaired) electrons. The highest BCUT2D eigenvalue weighted by molar-refractivity contribution is 5.78. The Morgan fingerprint density at radius 1 is 1.33 bits per heavy atom. The van der Waals surface area contributed by atoms with E-state index in [9.17, 15) is 18.0 Å². The molecular weight excluding hydrogens is 249 g/mol. The van der Waals surface area contributed by atoms with E-state index in [1.807, 2.05) is 20.8 Å². The number of aliphatic hydroxyl groups excluding tert-OH is 1. The van der Waals surface area contributed by atoms with Crippen LogP contribution in [0.5, 0.6) is 0 Å². The van der Waals surface area contributed by atoms with Crippen LogP contribution in [0, 0.1) is 11.3 Å². The summed E-state index contributed by atoms with van der Waals surface area (Å²) in [6.45, 7) is 4.95. The third-order valence-corrected chi connectivity index (χ3v) is 2.36. The quantitative estimate of drug-likeness (QED) is 0.698. The van der Waals surface area contributed by atoms with Crippen molar-refractivity contribution < 1.29 is 23.1 Å². The Bertz CT molecular complexity index is 274. The van der Waals surface area contributed by atoms with Gasteiger partial charge in [-0.3, -0.25) is 4.79 Å². The van der Waals surface area contributed by atoms with Crippen molar-refractivity contribution in [1.82, 2.24) is 5.32 Å². The second-order valence-corrected chi connectivity index (χ2v) is 5.50. The number of carbonyl (C=O) groups is 1. The van der Waals surface area contributed by atoms with Crippen molar-refractivity contribution >= 4 is 5.91 Å². The van der Waals surface area contributed by atoms with Gasteiger partial charge in [-0.2, -0.15) is 13.2 Å². The second-order valence-electron chi connectivity index (χ2n) is 5.50. The molecule has 0 spiro atoms. The monoisotopic (exact) mass is 270 g/mol. The topological polar surface area (TPSA) is 75.4 Å². The Kier molecular flexibility index (Phi) is 6.09. The molecule has 18 heavy (non-hydrogen) atoms. The second kappa shape index (κ2) is 6.38. The van der Waals surface area contributed by atoms with Crippen molar-refractivity contribution in [2.45, 2.75) is 39.5 Å². The molecule has 0 aromatic carbocycles. The fraction of sp³-hybridized carbons (Fsp3) is 0.909. The average Bonchev–Trinajstić information content (AvgIpc) is 2.19. The molecule has 0 aliphatic heterocycles. The van der Waals surface area contributed by atoms with E-state index in [2.05, 4.69) is 5.32 Å². The first kappa shape index (κ1) is 17.2. The molecule has 1 amide bonds. The van der Waals surface area contributed by atoms with Crippen molar-refractivity contribution in [1.29, 1.82) is 0 Å². The predicted molar refractivity (Wildman–Crippen MR) is 61.7 cm³/mol. The van der Waals surface area contributed by atoms with Gasteiger partial charge in [0.05, 0.1) is 12.5 Å². The third-order valence-electron chi connectivity index (χ3n) is 2.36. The molecule has 4 N–H and O–H groups in total. The molecule has 108 valence electrons. The molecule has 4 nitrogen and oxygen atoms in total. The first-order valence-corrected chi connectivity index (χ1v) is 5.70. The molecule has 0 heterocycles. The molecule has 7 heteroatoms. The van der Waals surface area contributed by atoms with E-state index in [0.717, 1.165) is 0 Å². The van der Waals surface area contributed by atoms with Crippen LogP contribution < -0.4 is 11.1 Å². The lowest BCUT2D eigenvalue weighted by Crippen LogP contribution is -2.44. The number of aliphatic hydroxyl groups is 1. The number of rotatable bonds is 5. The summed E-state index contributed by atoms with van der Waals surface area (Å²) in [5, 5.41) is 10.8. The largest absolute Gasteiger partial charge is 0.416 e. The van der Waals surface area contributed by atoms with Crippen LogP contribution in [-0.4, -0.2) is 36.4 Å². The lowest BCUT2D eigenvalue weighted by atomic mass is 9.84. The van der Waals surface area contributed by atoms with E-state index >= 15 is 0 Å². The number of amides is 1. The Morgan fingerprint density at radius 3 is 2.17 bits per heavy atom. The number of hydrogen-bond acceptors (Lipinski definition) is 3. The van der Waals surface area contributed by atoms with Gasteiger partial charge in [-0.05, 0) is 11.8 Å². The molecule has 2 unspecified atom stereocenters. The number of hydrogen-bond donors (Lipinski definition) is 3. The number of nitrogens with two attached hydrogens (primary N) is 1. The summed E-state index contributed by atoms with van der Waals surface area (Å²) in [7, 11) is 0. The van der Waals surface area contributed by atoms with Gasteiger partial charge in [0.15, 0.2) is 6.10 Å². The molecule has 2 atom stereocenters. The van der Waals surface area contributed by atoms with Crippen molar-refractivity contribution in [2.24, 2.45) is 17.1 Å². The average molecular weight is 270 g/mol. The maximum absolute atomic E-state index is 12.0. The fourth-order valence-corrected chi connectivity index (χ4v) is 1.48. The predicted octanol–water partition coefficient (Wildman–Crippen LogP) is 1.04. The first-order chi connectivity index (χ1) is 7.97. The van der Waals surface area contributed by atoms with Gasteiger partial charge in [0.2, 0.25) is 5.91 Å². The molecule has 0 bridgehead atoms. The Hall–Kier alpha value is -0.820. The van der Waals surface area contributed by atoms with Crippen molar-refractivity contribution in [3.63, 3.8) is 0 Å². The molecule has 0 aromatic heterocycles. The Morgan fingerprint density at radius 2 is 1.83 bits per heavy atom. The summed E-state index contributed by atoms with van der Waals surface area (Å²) >= 11 is 0. The molecule has 0 fully saturated rings. The van der Waals surface area contributed by atoms with Crippen LogP contribution in [0.4, 0.5) is 13.2 Å². The maximum atomic E-state index is 12.0. The van der Waals surface area contributed by atoms with Gasteiger partial charge in [0.25, 0.3) is 0 Å².